The number of nitrogens with zero attached hydrogens (tertiary/aromatic N) is 5. The number of aryl methyl sites for hydroxylation is 2. The van der Waals surface area contributed by atoms with Gasteiger partial charge in [0, 0.05) is 37.8 Å². The number of rotatable bonds is 6. The van der Waals surface area contributed by atoms with Crippen LogP contribution in [0.5, 0.6) is 0 Å². The predicted molar refractivity (Wildman–Crippen MR) is 110 cm³/mol. The zero-order valence-electron chi connectivity index (χ0n) is 17.7. The fourth-order valence-corrected chi connectivity index (χ4v) is 4.22. The molecule has 1 saturated heterocycles. The molecule has 29 heavy (non-hydrogen) atoms. The van der Waals surface area contributed by atoms with E-state index in [0.29, 0.717) is 18.3 Å². The highest BCUT2D eigenvalue weighted by atomic mass is 16.5. The number of aromatic nitrogens is 4. The summed E-state index contributed by atoms with van der Waals surface area (Å²) in [6, 6.07) is 3.96. The maximum atomic E-state index is 12.8. The Bertz CT molecular complexity index is 1000. The minimum atomic E-state index is 0.152. The van der Waals surface area contributed by atoms with Crippen molar-refractivity contribution in [2.45, 2.75) is 53.5 Å². The van der Waals surface area contributed by atoms with Crippen LogP contribution in [0.25, 0.3) is 11.2 Å². The van der Waals surface area contributed by atoms with Crippen LogP contribution in [0, 0.1) is 25.7 Å². The summed E-state index contributed by atoms with van der Waals surface area (Å²) in [5.41, 5.74) is 3.64. The van der Waals surface area contributed by atoms with Crippen LogP contribution >= 0.6 is 0 Å². The van der Waals surface area contributed by atoms with E-state index in [2.05, 4.69) is 28.6 Å². The van der Waals surface area contributed by atoms with Gasteiger partial charge < -0.3 is 14.0 Å². The van der Waals surface area contributed by atoms with Gasteiger partial charge in [-0.05, 0) is 44.2 Å². The number of amides is 1. The third kappa shape index (κ3) is 4.04. The van der Waals surface area contributed by atoms with E-state index in [9.17, 15) is 4.79 Å². The zero-order chi connectivity index (χ0) is 20.5. The molecule has 3 aromatic heterocycles. The first kappa shape index (κ1) is 19.6. The smallest absolute Gasteiger partial charge is 0.227 e. The van der Waals surface area contributed by atoms with Gasteiger partial charge in [0.2, 0.25) is 5.91 Å². The van der Waals surface area contributed by atoms with Gasteiger partial charge in [-0.25, -0.2) is 9.97 Å². The third-order valence-electron chi connectivity index (χ3n) is 5.75. The average Bonchev–Trinajstić information content (AvgIpc) is 3.37. The second-order valence-corrected chi connectivity index (χ2v) is 8.56. The number of hydrogen-bond donors (Lipinski definition) is 0. The molecule has 0 saturated carbocycles. The molecule has 0 N–H and O–H groups in total. The second kappa shape index (κ2) is 7.97. The summed E-state index contributed by atoms with van der Waals surface area (Å²) in [6.45, 7) is 10.7. The topological polar surface area (TPSA) is 77.1 Å². The maximum absolute atomic E-state index is 12.8. The SMILES string of the molecule is Cc1noc(C)c1CC(=O)N1CC[C@@H](Cc2nc3cccnc3n2CC(C)C)C1. The molecule has 7 heteroatoms. The first-order valence-corrected chi connectivity index (χ1v) is 10.4. The minimum Gasteiger partial charge on any atom is -0.361 e. The molecule has 1 aliphatic heterocycles. The molecule has 0 bridgehead atoms. The van der Waals surface area contributed by atoms with Crippen molar-refractivity contribution in [3.63, 3.8) is 0 Å². The van der Waals surface area contributed by atoms with Crippen LogP contribution in [0.2, 0.25) is 0 Å². The molecule has 0 unspecified atom stereocenters. The van der Waals surface area contributed by atoms with E-state index >= 15 is 0 Å². The monoisotopic (exact) mass is 395 g/mol. The van der Waals surface area contributed by atoms with Crippen LogP contribution in [0.3, 0.4) is 0 Å². The summed E-state index contributed by atoms with van der Waals surface area (Å²) in [5.74, 6) is 2.91. The molecular weight excluding hydrogens is 366 g/mol. The van der Waals surface area contributed by atoms with Crippen LogP contribution in [-0.4, -0.2) is 43.6 Å². The highest BCUT2D eigenvalue weighted by molar-refractivity contribution is 5.79. The van der Waals surface area contributed by atoms with Crippen molar-refractivity contribution in [1.82, 2.24) is 24.6 Å². The van der Waals surface area contributed by atoms with Crippen molar-refractivity contribution < 1.29 is 9.32 Å². The molecule has 1 fully saturated rings. The number of fused-ring (bicyclic) bond motifs is 1. The molecule has 1 aliphatic rings. The zero-order valence-corrected chi connectivity index (χ0v) is 17.7. The lowest BCUT2D eigenvalue weighted by atomic mass is 10.0. The van der Waals surface area contributed by atoms with Crippen molar-refractivity contribution in [2.24, 2.45) is 11.8 Å². The van der Waals surface area contributed by atoms with Gasteiger partial charge in [-0.2, -0.15) is 0 Å². The highest BCUT2D eigenvalue weighted by Gasteiger charge is 2.29. The van der Waals surface area contributed by atoms with Crippen molar-refractivity contribution in [3.8, 4) is 0 Å². The third-order valence-corrected chi connectivity index (χ3v) is 5.75. The van der Waals surface area contributed by atoms with Crippen LogP contribution in [0.1, 0.15) is 43.1 Å². The van der Waals surface area contributed by atoms with Crippen molar-refractivity contribution >= 4 is 17.1 Å². The summed E-state index contributed by atoms with van der Waals surface area (Å²) in [7, 11) is 0. The standard InChI is InChI=1S/C22H29N5O2/c1-14(2)12-27-20(24-19-6-5-8-23-22(19)27)10-17-7-9-26(13-17)21(28)11-18-15(3)25-29-16(18)4/h5-6,8,14,17H,7,9-13H2,1-4H3/t17-/m0/s1. The molecule has 7 nitrogen and oxygen atoms in total. The number of pyridine rings is 1. The fourth-order valence-electron chi connectivity index (χ4n) is 4.22. The quantitative estimate of drug-likeness (QED) is 0.640. The summed E-state index contributed by atoms with van der Waals surface area (Å²) >= 11 is 0. The van der Waals surface area contributed by atoms with Gasteiger partial charge in [-0.3, -0.25) is 4.79 Å². The van der Waals surface area contributed by atoms with Gasteiger partial charge in [0.15, 0.2) is 5.65 Å². The first-order valence-electron chi connectivity index (χ1n) is 10.4. The molecule has 1 amide bonds. The molecule has 4 rings (SSSR count). The van der Waals surface area contributed by atoms with E-state index < -0.39 is 0 Å². The molecule has 4 heterocycles. The van der Waals surface area contributed by atoms with Crippen LogP contribution in [-0.2, 0) is 24.2 Å². The van der Waals surface area contributed by atoms with Gasteiger partial charge in [-0.15, -0.1) is 0 Å². The Balaban J connectivity index is 1.46. The molecule has 1 atom stereocenters. The molecule has 0 radical (unpaired) electrons. The number of carbonyl (C=O) groups excluding carboxylic acids is 1. The Labute approximate surface area is 171 Å². The summed E-state index contributed by atoms with van der Waals surface area (Å²) in [4.78, 5) is 24.2. The normalized spacial score (nSPS) is 17.0. The molecule has 3 aromatic rings. The van der Waals surface area contributed by atoms with Crippen LogP contribution < -0.4 is 0 Å². The Morgan fingerprint density at radius 1 is 1.34 bits per heavy atom. The van der Waals surface area contributed by atoms with Gasteiger partial charge in [0.25, 0.3) is 0 Å². The van der Waals surface area contributed by atoms with E-state index in [0.717, 1.165) is 66.5 Å². The number of imidazole rings is 1. The Kier molecular flexibility index (Phi) is 5.39. The lowest BCUT2D eigenvalue weighted by Gasteiger charge is -2.17. The summed E-state index contributed by atoms with van der Waals surface area (Å²) in [6.07, 6.45) is 4.07. The van der Waals surface area contributed by atoms with Gasteiger partial charge in [-0.1, -0.05) is 19.0 Å². The lowest BCUT2D eigenvalue weighted by molar-refractivity contribution is -0.129. The van der Waals surface area contributed by atoms with Crippen LogP contribution in [0.15, 0.2) is 22.9 Å². The van der Waals surface area contributed by atoms with Gasteiger partial charge in [0.05, 0.1) is 12.1 Å². The van der Waals surface area contributed by atoms with Crippen molar-refractivity contribution in [3.05, 3.63) is 41.2 Å². The largest absolute Gasteiger partial charge is 0.361 e. The van der Waals surface area contributed by atoms with Crippen LogP contribution in [0.4, 0.5) is 0 Å². The first-order chi connectivity index (χ1) is 13.9. The van der Waals surface area contributed by atoms with Gasteiger partial charge >= 0.3 is 0 Å². The fraction of sp³-hybridized carbons (Fsp3) is 0.545. The minimum absolute atomic E-state index is 0.152. The summed E-state index contributed by atoms with van der Waals surface area (Å²) < 4.78 is 7.45. The van der Waals surface area contributed by atoms with Crippen molar-refractivity contribution in [2.75, 3.05) is 13.1 Å². The number of carbonyl (C=O) groups is 1. The summed E-state index contributed by atoms with van der Waals surface area (Å²) in [5, 5.41) is 3.96. The predicted octanol–water partition coefficient (Wildman–Crippen LogP) is 3.33. The van der Waals surface area contributed by atoms with E-state index in [1.54, 1.807) is 0 Å². The average molecular weight is 396 g/mol. The number of likely N-dealkylation sites (tertiary alicyclic amines) is 1. The Morgan fingerprint density at radius 3 is 2.90 bits per heavy atom. The molecule has 154 valence electrons. The Hall–Kier alpha value is -2.70. The maximum Gasteiger partial charge on any atom is 0.227 e. The van der Waals surface area contributed by atoms with E-state index in [-0.39, 0.29) is 5.91 Å². The van der Waals surface area contributed by atoms with E-state index in [4.69, 9.17) is 9.51 Å². The molecular formula is C22H29N5O2. The molecule has 0 spiro atoms. The van der Waals surface area contributed by atoms with E-state index in [1.165, 1.54) is 0 Å². The highest BCUT2D eigenvalue weighted by Crippen LogP contribution is 2.25. The van der Waals surface area contributed by atoms with E-state index in [1.807, 2.05) is 37.1 Å². The second-order valence-electron chi connectivity index (χ2n) is 8.56. The molecule has 0 aliphatic carbocycles. The lowest BCUT2D eigenvalue weighted by Crippen LogP contribution is -2.30. The van der Waals surface area contributed by atoms with Gasteiger partial charge in [0.1, 0.15) is 17.1 Å². The Morgan fingerprint density at radius 2 is 2.17 bits per heavy atom. The van der Waals surface area contributed by atoms with Crippen molar-refractivity contribution in [1.29, 1.82) is 0 Å². The molecule has 0 aromatic carbocycles. The number of hydrogen-bond acceptors (Lipinski definition) is 5.